The molecule has 1 aromatic heterocycles. The second kappa shape index (κ2) is 7.61. The van der Waals surface area contributed by atoms with Crippen molar-refractivity contribution in [3.05, 3.63) is 47.9 Å². The van der Waals surface area contributed by atoms with Gasteiger partial charge in [-0.1, -0.05) is 30.3 Å². The fourth-order valence-electron chi connectivity index (χ4n) is 2.24. The average molecular weight is 304 g/mol. The number of esters is 1. The van der Waals surface area contributed by atoms with Gasteiger partial charge in [0, 0.05) is 0 Å². The van der Waals surface area contributed by atoms with Crippen LogP contribution in [0.4, 0.5) is 0 Å². The van der Waals surface area contributed by atoms with Crippen LogP contribution in [0, 0.1) is 0 Å². The number of nitrogens with zero attached hydrogens (tertiary/aromatic N) is 2. The van der Waals surface area contributed by atoms with Crippen LogP contribution in [0.25, 0.3) is 0 Å². The molecule has 0 fully saturated rings. The molecule has 1 atom stereocenters. The van der Waals surface area contributed by atoms with E-state index < -0.39 is 12.0 Å². The van der Waals surface area contributed by atoms with Crippen LogP contribution in [0.1, 0.15) is 35.9 Å². The molecule has 0 bridgehead atoms. The minimum absolute atomic E-state index is 0.168. The predicted molar refractivity (Wildman–Crippen MR) is 81.0 cm³/mol. The van der Waals surface area contributed by atoms with Crippen molar-refractivity contribution in [3.63, 3.8) is 0 Å². The number of aromatic nitrogens is 2. The molecule has 2 aromatic rings. The Morgan fingerprint density at radius 2 is 2.00 bits per heavy atom. The molecule has 0 aliphatic heterocycles. The van der Waals surface area contributed by atoms with Gasteiger partial charge in [-0.15, -0.1) is 0 Å². The fourth-order valence-corrected chi connectivity index (χ4v) is 2.24. The van der Waals surface area contributed by atoms with E-state index in [0.29, 0.717) is 6.61 Å². The number of rotatable bonds is 7. The molecule has 0 spiro atoms. The molecule has 1 heterocycles. The maximum atomic E-state index is 12.2. The number of aliphatic hydroxyl groups excluding tert-OH is 1. The SMILES string of the molecule is CCOC(=O)c1c(OCC)ncn1C(CO)c1ccccc1. The van der Waals surface area contributed by atoms with Crippen LogP contribution in [-0.2, 0) is 4.74 Å². The molecule has 0 aliphatic carbocycles. The summed E-state index contributed by atoms with van der Waals surface area (Å²) in [6.45, 7) is 4.02. The lowest BCUT2D eigenvalue weighted by Crippen LogP contribution is -2.20. The summed E-state index contributed by atoms with van der Waals surface area (Å²) in [5.74, 6) is -0.298. The smallest absolute Gasteiger partial charge is 0.360 e. The molecule has 0 saturated heterocycles. The van der Waals surface area contributed by atoms with Gasteiger partial charge in [-0.05, 0) is 19.4 Å². The van der Waals surface area contributed by atoms with Crippen molar-refractivity contribution in [3.8, 4) is 5.88 Å². The Morgan fingerprint density at radius 3 is 2.59 bits per heavy atom. The zero-order valence-corrected chi connectivity index (χ0v) is 12.7. The van der Waals surface area contributed by atoms with Crippen LogP contribution < -0.4 is 4.74 Å². The van der Waals surface area contributed by atoms with Gasteiger partial charge >= 0.3 is 5.97 Å². The van der Waals surface area contributed by atoms with E-state index >= 15 is 0 Å². The first-order valence-electron chi connectivity index (χ1n) is 7.25. The first kappa shape index (κ1) is 16.0. The summed E-state index contributed by atoms with van der Waals surface area (Å²) in [5.41, 5.74) is 1.09. The van der Waals surface area contributed by atoms with Crippen molar-refractivity contribution in [2.75, 3.05) is 19.8 Å². The number of benzene rings is 1. The fraction of sp³-hybridized carbons (Fsp3) is 0.375. The topological polar surface area (TPSA) is 73.6 Å². The van der Waals surface area contributed by atoms with E-state index in [1.807, 2.05) is 37.3 Å². The molecular weight excluding hydrogens is 284 g/mol. The Morgan fingerprint density at radius 1 is 1.27 bits per heavy atom. The Kier molecular flexibility index (Phi) is 5.55. The van der Waals surface area contributed by atoms with Gasteiger partial charge in [0.2, 0.25) is 5.88 Å². The van der Waals surface area contributed by atoms with E-state index in [0.717, 1.165) is 5.56 Å². The number of hydrogen-bond acceptors (Lipinski definition) is 5. The molecule has 1 aromatic carbocycles. The van der Waals surface area contributed by atoms with Crippen molar-refractivity contribution >= 4 is 5.97 Å². The van der Waals surface area contributed by atoms with Gasteiger partial charge in [0.1, 0.15) is 6.33 Å². The lowest BCUT2D eigenvalue weighted by atomic mass is 10.1. The summed E-state index contributed by atoms with van der Waals surface area (Å²) in [6.07, 6.45) is 1.49. The quantitative estimate of drug-likeness (QED) is 0.792. The minimum Gasteiger partial charge on any atom is -0.476 e. The van der Waals surface area contributed by atoms with Crippen molar-refractivity contribution in [1.82, 2.24) is 9.55 Å². The van der Waals surface area contributed by atoms with Crippen LogP contribution in [0.2, 0.25) is 0 Å². The molecule has 0 amide bonds. The van der Waals surface area contributed by atoms with Gasteiger partial charge in [-0.2, -0.15) is 0 Å². The molecule has 0 saturated carbocycles. The molecule has 1 unspecified atom stereocenters. The van der Waals surface area contributed by atoms with E-state index in [-0.39, 0.29) is 24.8 Å². The molecule has 118 valence electrons. The molecule has 6 heteroatoms. The van der Waals surface area contributed by atoms with E-state index in [4.69, 9.17) is 9.47 Å². The average Bonchev–Trinajstić information content (AvgIpc) is 2.93. The Hall–Kier alpha value is -2.34. The zero-order valence-electron chi connectivity index (χ0n) is 12.7. The number of carbonyl (C=O) groups excluding carboxylic acids is 1. The number of carbonyl (C=O) groups is 1. The maximum Gasteiger partial charge on any atom is 0.360 e. The van der Waals surface area contributed by atoms with Gasteiger partial charge in [0.15, 0.2) is 5.69 Å². The molecule has 1 N–H and O–H groups in total. The summed E-state index contributed by atoms with van der Waals surface area (Å²) >= 11 is 0. The van der Waals surface area contributed by atoms with Crippen LogP contribution in [0.15, 0.2) is 36.7 Å². The highest BCUT2D eigenvalue weighted by atomic mass is 16.5. The van der Waals surface area contributed by atoms with Crippen LogP contribution in [-0.4, -0.2) is 40.4 Å². The largest absolute Gasteiger partial charge is 0.476 e. The number of aliphatic hydroxyl groups is 1. The van der Waals surface area contributed by atoms with Crippen LogP contribution in [0.5, 0.6) is 5.88 Å². The number of imidazole rings is 1. The summed E-state index contributed by atoms with van der Waals surface area (Å²) in [7, 11) is 0. The molecule has 6 nitrogen and oxygen atoms in total. The Bertz CT molecular complexity index is 610. The van der Waals surface area contributed by atoms with E-state index in [9.17, 15) is 9.90 Å². The standard InChI is InChI=1S/C16H20N2O4/c1-3-21-15-14(16(20)22-4-2)18(11-17-15)13(10-19)12-8-6-5-7-9-12/h5-9,11,13,19H,3-4,10H2,1-2H3. The predicted octanol–water partition coefficient (Wildman–Crippen LogP) is 2.04. The van der Waals surface area contributed by atoms with Gasteiger partial charge in [0.25, 0.3) is 0 Å². The highest BCUT2D eigenvalue weighted by Crippen LogP contribution is 2.26. The first-order chi connectivity index (χ1) is 10.7. The Balaban J connectivity index is 2.46. The van der Waals surface area contributed by atoms with Crippen molar-refractivity contribution in [2.24, 2.45) is 0 Å². The molecule has 2 rings (SSSR count). The zero-order chi connectivity index (χ0) is 15.9. The van der Waals surface area contributed by atoms with Crippen LogP contribution >= 0.6 is 0 Å². The van der Waals surface area contributed by atoms with E-state index in [1.54, 1.807) is 11.5 Å². The second-order valence-electron chi connectivity index (χ2n) is 4.57. The normalized spacial score (nSPS) is 12.0. The van der Waals surface area contributed by atoms with Gasteiger partial charge in [-0.25, -0.2) is 9.78 Å². The second-order valence-corrected chi connectivity index (χ2v) is 4.57. The van der Waals surface area contributed by atoms with Gasteiger partial charge in [-0.3, -0.25) is 0 Å². The number of ether oxygens (including phenoxy) is 2. The third-order valence-electron chi connectivity index (χ3n) is 3.20. The molecular formula is C16H20N2O4. The summed E-state index contributed by atoms with van der Waals surface area (Å²) < 4.78 is 12.1. The summed E-state index contributed by atoms with van der Waals surface area (Å²) in [6, 6.07) is 8.99. The molecule has 0 aliphatic rings. The van der Waals surface area contributed by atoms with Gasteiger partial charge < -0.3 is 19.1 Å². The Labute approximate surface area is 129 Å². The van der Waals surface area contributed by atoms with Crippen molar-refractivity contribution < 1.29 is 19.4 Å². The molecule has 22 heavy (non-hydrogen) atoms. The van der Waals surface area contributed by atoms with Crippen LogP contribution in [0.3, 0.4) is 0 Å². The highest BCUT2D eigenvalue weighted by Gasteiger charge is 2.26. The van der Waals surface area contributed by atoms with Crippen molar-refractivity contribution in [1.29, 1.82) is 0 Å². The number of hydrogen-bond donors (Lipinski definition) is 1. The van der Waals surface area contributed by atoms with Gasteiger partial charge in [0.05, 0.1) is 25.9 Å². The third kappa shape index (κ3) is 3.28. The summed E-state index contributed by atoms with van der Waals surface area (Å²) in [4.78, 5) is 16.4. The lowest BCUT2D eigenvalue weighted by molar-refractivity contribution is 0.0505. The minimum atomic E-state index is -0.516. The van der Waals surface area contributed by atoms with E-state index in [1.165, 1.54) is 6.33 Å². The monoisotopic (exact) mass is 304 g/mol. The van der Waals surface area contributed by atoms with E-state index in [2.05, 4.69) is 4.98 Å². The summed E-state index contributed by atoms with van der Waals surface area (Å²) in [5, 5.41) is 9.77. The van der Waals surface area contributed by atoms with Crippen molar-refractivity contribution in [2.45, 2.75) is 19.9 Å². The third-order valence-corrected chi connectivity index (χ3v) is 3.20. The first-order valence-corrected chi connectivity index (χ1v) is 7.25. The lowest BCUT2D eigenvalue weighted by Gasteiger charge is -2.18. The highest BCUT2D eigenvalue weighted by molar-refractivity contribution is 5.90. The molecule has 0 radical (unpaired) electrons. The maximum absolute atomic E-state index is 12.2.